The first kappa shape index (κ1) is 21.4. The summed E-state index contributed by atoms with van der Waals surface area (Å²) < 4.78 is 1.75. The van der Waals surface area contributed by atoms with E-state index < -0.39 is 0 Å². The first-order chi connectivity index (χ1) is 15.0. The van der Waals surface area contributed by atoms with Crippen LogP contribution < -0.4 is 5.32 Å². The van der Waals surface area contributed by atoms with E-state index in [9.17, 15) is 9.59 Å². The van der Waals surface area contributed by atoms with Crippen LogP contribution >= 0.6 is 23.4 Å². The zero-order valence-electron chi connectivity index (χ0n) is 17.0. The van der Waals surface area contributed by atoms with Crippen LogP contribution in [0.4, 0.5) is 5.69 Å². The molecule has 2 heterocycles. The second-order valence-corrected chi connectivity index (χ2v) is 8.63. The Morgan fingerprint density at radius 3 is 2.65 bits per heavy atom. The number of hydrogen-bond acceptors (Lipinski definition) is 5. The van der Waals surface area contributed by atoms with Crippen LogP contribution in [0.1, 0.15) is 17.0 Å². The van der Waals surface area contributed by atoms with Crippen LogP contribution in [0.5, 0.6) is 0 Å². The summed E-state index contributed by atoms with van der Waals surface area (Å²) in [5.41, 5.74) is 3.07. The Bertz CT molecular complexity index is 1120. The molecule has 9 heteroatoms. The van der Waals surface area contributed by atoms with Gasteiger partial charge in [0.2, 0.25) is 11.8 Å². The van der Waals surface area contributed by atoms with Crippen molar-refractivity contribution in [3.8, 4) is 0 Å². The van der Waals surface area contributed by atoms with Crippen molar-refractivity contribution >= 4 is 40.9 Å². The minimum Gasteiger partial charge on any atom is -0.337 e. The summed E-state index contributed by atoms with van der Waals surface area (Å²) in [5, 5.41) is 12.1. The predicted octanol–water partition coefficient (Wildman–Crippen LogP) is 3.33. The maximum absolute atomic E-state index is 12.7. The van der Waals surface area contributed by atoms with E-state index in [0.29, 0.717) is 28.2 Å². The van der Waals surface area contributed by atoms with Crippen molar-refractivity contribution in [3.05, 3.63) is 70.5 Å². The van der Waals surface area contributed by atoms with Crippen molar-refractivity contribution in [2.24, 2.45) is 7.05 Å². The molecule has 4 rings (SSSR count). The average molecular weight is 456 g/mol. The summed E-state index contributed by atoms with van der Waals surface area (Å²) in [6, 6.07) is 15.3. The largest absolute Gasteiger partial charge is 0.337 e. The molecule has 1 aliphatic rings. The van der Waals surface area contributed by atoms with E-state index in [-0.39, 0.29) is 24.0 Å². The highest BCUT2D eigenvalue weighted by Gasteiger charge is 2.21. The number of anilines is 1. The molecular formula is C22H22ClN5O2S. The van der Waals surface area contributed by atoms with Crippen LogP contribution in [0.3, 0.4) is 0 Å². The highest BCUT2D eigenvalue weighted by Crippen LogP contribution is 2.23. The molecule has 0 radical (unpaired) electrons. The second kappa shape index (κ2) is 9.53. The molecule has 0 spiro atoms. The zero-order chi connectivity index (χ0) is 21.8. The van der Waals surface area contributed by atoms with Crippen LogP contribution in [-0.4, -0.2) is 43.8 Å². The minimum atomic E-state index is -0.233. The number of hydrogen-bond donors (Lipinski definition) is 1. The summed E-state index contributed by atoms with van der Waals surface area (Å²) in [6.07, 6.45) is 0.938. The molecule has 1 aromatic heterocycles. The van der Waals surface area contributed by atoms with Gasteiger partial charge < -0.3 is 14.8 Å². The van der Waals surface area contributed by atoms with Crippen LogP contribution in [-0.2, 0) is 36.0 Å². The van der Waals surface area contributed by atoms with E-state index in [0.717, 1.165) is 13.0 Å². The number of carbonyl (C=O) groups excluding carboxylic acids is 2. The molecule has 0 unspecified atom stereocenters. The van der Waals surface area contributed by atoms with Crippen LogP contribution in [0, 0.1) is 0 Å². The number of rotatable bonds is 6. The number of carbonyl (C=O) groups is 2. The van der Waals surface area contributed by atoms with Crippen molar-refractivity contribution in [3.63, 3.8) is 0 Å². The Labute approximate surface area is 189 Å². The highest BCUT2D eigenvalue weighted by atomic mass is 35.5. The highest BCUT2D eigenvalue weighted by molar-refractivity contribution is 7.99. The fourth-order valence-corrected chi connectivity index (χ4v) is 4.47. The van der Waals surface area contributed by atoms with Gasteiger partial charge in [-0.05, 0) is 29.7 Å². The van der Waals surface area contributed by atoms with E-state index in [1.807, 2.05) is 17.0 Å². The Kier molecular flexibility index (Phi) is 6.58. The Balaban J connectivity index is 1.32. The van der Waals surface area contributed by atoms with Crippen molar-refractivity contribution in [2.45, 2.75) is 24.5 Å². The van der Waals surface area contributed by atoms with Gasteiger partial charge in [0.25, 0.3) is 0 Å². The maximum atomic E-state index is 12.7. The average Bonchev–Trinajstić information content (AvgIpc) is 3.12. The van der Waals surface area contributed by atoms with E-state index >= 15 is 0 Å². The molecule has 3 aromatic rings. The Morgan fingerprint density at radius 1 is 1.10 bits per heavy atom. The summed E-state index contributed by atoms with van der Waals surface area (Å²) in [7, 11) is 1.79. The van der Waals surface area contributed by atoms with E-state index in [1.54, 1.807) is 35.9 Å². The molecule has 0 bridgehead atoms. The number of amides is 2. The molecule has 0 saturated heterocycles. The summed E-state index contributed by atoms with van der Waals surface area (Å²) >= 11 is 7.41. The van der Waals surface area contributed by atoms with Crippen LogP contribution in [0.2, 0.25) is 5.02 Å². The first-order valence-corrected chi connectivity index (χ1v) is 11.3. The standard InChI is InChI=1S/C22H22ClN5O2S/c1-27-19(12-20(29)24-18-9-5-4-8-17(18)23)25-26-22(27)31-14-21(30)28-11-10-15-6-2-3-7-16(15)13-28/h2-9H,10-14H2,1H3,(H,24,29). The third-order valence-electron chi connectivity index (χ3n) is 5.20. The molecule has 31 heavy (non-hydrogen) atoms. The quantitative estimate of drug-likeness (QED) is 0.577. The molecule has 0 aliphatic carbocycles. The molecule has 2 amide bonds. The molecular weight excluding hydrogens is 434 g/mol. The Hall–Kier alpha value is -2.84. The van der Waals surface area contributed by atoms with Gasteiger partial charge in [-0.1, -0.05) is 59.8 Å². The van der Waals surface area contributed by atoms with Gasteiger partial charge in [0.15, 0.2) is 5.16 Å². The topological polar surface area (TPSA) is 80.1 Å². The molecule has 1 N–H and O–H groups in total. The number of halogens is 1. The lowest BCUT2D eigenvalue weighted by atomic mass is 10.00. The number of nitrogens with one attached hydrogen (secondary N) is 1. The normalized spacial score (nSPS) is 13.0. The SMILES string of the molecule is Cn1c(CC(=O)Nc2ccccc2Cl)nnc1SCC(=O)N1CCc2ccccc2C1. The minimum absolute atomic E-state index is 0.0616. The van der Waals surface area contributed by atoms with Gasteiger partial charge in [0, 0.05) is 20.1 Å². The van der Waals surface area contributed by atoms with E-state index in [2.05, 4.69) is 27.6 Å². The van der Waals surface area contributed by atoms with Crippen molar-refractivity contribution < 1.29 is 9.59 Å². The molecule has 2 aromatic carbocycles. The predicted molar refractivity (Wildman–Crippen MR) is 121 cm³/mol. The van der Waals surface area contributed by atoms with Gasteiger partial charge in [-0.25, -0.2) is 0 Å². The van der Waals surface area contributed by atoms with Crippen LogP contribution in [0.25, 0.3) is 0 Å². The lowest BCUT2D eigenvalue weighted by molar-refractivity contribution is -0.129. The maximum Gasteiger partial charge on any atom is 0.233 e. The molecule has 7 nitrogen and oxygen atoms in total. The van der Waals surface area contributed by atoms with E-state index in [4.69, 9.17) is 11.6 Å². The monoisotopic (exact) mass is 455 g/mol. The van der Waals surface area contributed by atoms with Crippen molar-refractivity contribution in [1.82, 2.24) is 19.7 Å². The molecule has 0 atom stereocenters. The number of benzene rings is 2. The van der Waals surface area contributed by atoms with Gasteiger partial charge in [-0.2, -0.15) is 0 Å². The Morgan fingerprint density at radius 2 is 1.84 bits per heavy atom. The van der Waals surface area contributed by atoms with Crippen molar-refractivity contribution in [1.29, 1.82) is 0 Å². The molecule has 160 valence electrons. The lowest BCUT2D eigenvalue weighted by Gasteiger charge is -2.28. The second-order valence-electron chi connectivity index (χ2n) is 7.29. The third-order valence-corrected chi connectivity index (χ3v) is 6.53. The number of nitrogens with zero attached hydrogens (tertiary/aromatic N) is 4. The molecule has 1 aliphatic heterocycles. The number of fused-ring (bicyclic) bond motifs is 1. The van der Waals surface area contributed by atoms with Gasteiger partial charge in [-0.15, -0.1) is 10.2 Å². The fraction of sp³-hybridized carbons (Fsp3) is 0.273. The number of thioether (sulfide) groups is 1. The van der Waals surface area contributed by atoms with Gasteiger partial charge >= 0.3 is 0 Å². The van der Waals surface area contributed by atoms with Gasteiger partial charge in [0.05, 0.1) is 22.9 Å². The lowest BCUT2D eigenvalue weighted by Crippen LogP contribution is -2.37. The summed E-state index contributed by atoms with van der Waals surface area (Å²) in [5.74, 6) is 0.634. The van der Waals surface area contributed by atoms with Gasteiger partial charge in [0.1, 0.15) is 5.82 Å². The smallest absolute Gasteiger partial charge is 0.233 e. The summed E-state index contributed by atoms with van der Waals surface area (Å²) in [4.78, 5) is 26.9. The van der Waals surface area contributed by atoms with Gasteiger partial charge in [-0.3, -0.25) is 9.59 Å². The molecule has 0 saturated carbocycles. The third kappa shape index (κ3) is 5.08. The van der Waals surface area contributed by atoms with E-state index in [1.165, 1.54) is 22.9 Å². The molecule has 0 fully saturated rings. The number of aromatic nitrogens is 3. The summed E-state index contributed by atoms with van der Waals surface area (Å²) in [6.45, 7) is 1.37. The fourth-order valence-electron chi connectivity index (χ4n) is 3.45. The first-order valence-electron chi connectivity index (χ1n) is 9.91. The number of para-hydroxylation sites is 1. The zero-order valence-corrected chi connectivity index (χ0v) is 18.6. The van der Waals surface area contributed by atoms with Crippen LogP contribution in [0.15, 0.2) is 53.7 Å². The van der Waals surface area contributed by atoms with Crippen molar-refractivity contribution in [2.75, 3.05) is 17.6 Å².